The Morgan fingerprint density at radius 1 is 0.556 bits per heavy atom. The molecule has 3 N–H and O–H groups in total. The van der Waals surface area contributed by atoms with E-state index in [0.717, 1.165) is 12.1 Å². The molecule has 0 aromatic carbocycles. The van der Waals surface area contributed by atoms with Crippen LogP contribution in [0.25, 0.3) is 0 Å². The molecule has 0 aromatic heterocycles. The normalized spacial score (nSPS) is 27.2. The first kappa shape index (κ1) is 14.3. The molecular weight excluding hydrogens is 220 g/mol. The lowest BCUT2D eigenvalue weighted by atomic mass is 9.95. The van der Waals surface area contributed by atoms with Gasteiger partial charge < -0.3 is 11.1 Å². The number of rotatable bonds is 2. The van der Waals surface area contributed by atoms with Crippen molar-refractivity contribution in [1.82, 2.24) is 5.32 Å². The van der Waals surface area contributed by atoms with Gasteiger partial charge in [0, 0.05) is 18.1 Å². The zero-order valence-corrected chi connectivity index (χ0v) is 12.0. The van der Waals surface area contributed by atoms with E-state index in [1.165, 1.54) is 83.5 Å². The molecule has 0 aliphatic heterocycles. The Morgan fingerprint density at radius 3 is 1.33 bits per heavy atom. The maximum absolute atomic E-state index is 5.53. The van der Waals surface area contributed by atoms with Gasteiger partial charge in [-0.25, -0.2) is 0 Å². The van der Waals surface area contributed by atoms with E-state index in [1.54, 1.807) is 0 Å². The second-order valence-corrected chi connectivity index (χ2v) is 6.53. The molecule has 106 valence electrons. The molecule has 3 aliphatic carbocycles. The quantitative estimate of drug-likeness (QED) is 0.785. The highest BCUT2D eigenvalue weighted by molar-refractivity contribution is 4.80. The molecule has 0 atom stereocenters. The summed E-state index contributed by atoms with van der Waals surface area (Å²) in [5.74, 6) is 0. The fourth-order valence-electron chi connectivity index (χ4n) is 3.65. The number of nitrogens with one attached hydrogen (secondary N) is 1. The van der Waals surface area contributed by atoms with E-state index in [-0.39, 0.29) is 0 Å². The van der Waals surface area contributed by atoms with Crippen molar-refractivity contribution in [1.29, 1.82) is 0 Å². The lowest BCUT2D eigenvalue weighted by molar-refractivity contribution is 0.337. The zero-order chi connectivity index (χ0) is 12.6. The Balaban J connectivity index is 0.000000169. The van der Waals surface area contributed by atoms with Crippen molar-refractivity contribution in [2.75, 3.05) is 0 Å². The summed E-state index contributed by atoms with van der Waals surface area (Å²) in [5.41, 5.74) is 5.53. The van der Waals surface area contributed by atoms with Gasteiger partial charge in [0.05, 0.1) is 0 Å². The highest BCUT2D eigenvalue weighted by Gasteiger charge is 2.20. The third-order valence-electron chi connectivity index (χ3n) is 4.83. The first-order valence-corrected chi connectivity index (χ1v) is 8.36. The molecule has 3 aliphatic rings. The molecule has 18 heavy (non-hydrogen) atoms. The van der Waals surface area contributed by atoms with Gasteiger partial charge in [-0.05, 0) is 38.5 Å². The maximum atomic E-state index is 5.53. The Hall–Kier alpha value is -0.0800. The molecule has 0 radical (unpaired) electrons. The Labute approximate surface area is 113 Å². The molecule has 0 aromatic rings. The Bertz CT molecular complexity index is 199. The predicted octanol–water partition coefficient (Wildman–Crippen LogP) is 3.74. The Kier molecular flexibility index (Phi) is 6.50. The van der Waals surface area contributed by atoms with Crippen LogP contribution in [0.3, 0.4) is 0 Å². The van der Waals surface area contributed by atoms with Crippen molar-refractivity contribution in [3.8, 4) is 0 Å². The number of hydrogen-bond donors (Lipinski definition) is 2. The molecule has 0 saturated heterocycles. The monoisotopic (exact) mass is 252 g/mol. The minimum Gasteiger partial charge on any atom is -0.328 e. The van der Waals surface area contributed by atoms with E-state index in [1.807, 2.05) is 0 Å². The summed E-state index contributed by atoms with van der Waals surface area (Å²) in [6.07, 6.45) is 18.3. The van der Waals surface area contributed by atoms with Gasteiger partial charge in [-0.1, -0.05) is 44.9 Å². The van der Waals surface area contributed by atoms with Gasteiger partial charge in [-0.2, -0.15) is 0 Å². The molecule has 0 heterocycles. The molecule has 3 rings (SSSR count). The highest BCUT2D eigenvalue weighted by atomic mass is 15.0. The minimum atomic E-state index is 0.546. The Morgan fingerprint density at radius 2 is 0.944 bits per heavy atom. The predicted molar refractivity (Wildman–Crippen MR) is 78.7 cm³/mol. The van der Waals surface area contributed by atoms with Crippen molar-refractivity contribution in [2.24, 2.45) is 5.73 Å². The first-order valence-electron chi connectivity index (χ1n) is 8.36. The fourth-order valence-corrected chi connectivity index (χ4v) is 3.65. The van der Waals surface area contributed by atoms with Crippen molar-refractivity contribution < 1.29 is 0 Å². The molecule has 2 heteroatoms. The topological polar surface area (TPSA) is 38.0 Å². The second kappa shape index (κ2) is 8.16. The van der Waals surface area contributed by atoms with Crippen LogP contribution in [-0.4, -0.2) is 18.1 Å². The molecule has 3 saturated carbocycles. The average molecular weight is 252 g/mol. The van der Waals surface area contributed by atoms with E-state index < -0.39 is 0 Å². The van der Waals surface area contributed by atoms with Crippen LogP contribution in [0.2, 0.25) is 0 Å². The summed E-state index contributed by atoms with van der Waals surface area (Å²) in [6.45, 7) is 0. The molecular formula is C16H32N2. The SMILES string of the molecule is C1CCC(NC2CCCC2)CC1.NC1CCCC1. The smallest absolute Gasteiger partial charge is 0.00696 e. The number of hydrogen-bond acceptors (Lipinski definition) is 2. The van der Waals surface area contributed by atoms with E-state index in [2.05, 4.69) is 5.32 Å². The van der Waals surface area contributed by atoms with Crippen LogP contribution in [0.1, 0.15) is 83.5 Å². The molecule has 0 spiro atoms. The van der Waals surface area contributed by atoms with Gasteiger partial charge in [0.25, 0.3) is 0 Å². The standard InChI is InChI=1S/C11H21N.C5H11N/c1-2-6-10(7-3-1)12-11-8-4-5-9-11;6-5-3-1-2-4-5/h10-12H,1-9H2;5H,1-4,6H2. The van der Waals surface area contributed by atoms with Crippen LogP contribution in [0, 0.1) is 0 Å². The molecule has 0 bridgehead atoms. The third-order valence-corrected chi connectivity index (χ3v) is 4.83. The van der Waals surface area contributed by atoms with Gasteiger partial charge in [0.15, 0.2) is 0 Å². The largest absolute Gasteiger partial charge is 0.328 e. The van der Waals surface area contributed by atoms with Crippen LogP contribution in [0.4, 0.5) is 0 Å². The van der Waals surface area contributed by atoms with Gasteiger partial charge in [0.2, 0.25) is 0 Å². The maximum Gasteiger partial charge on any atom is 0.00696 e. The summed E-state index contributed by atoms with van der Waals surface area (Å²) >= 11 is 0. The number of nitrogens with two attached hydrogens (primary N) is 1. The lowest BCUT2D eigenvalue weighted by Crippen LogP contribution is -2.37. The van der Waals surface area contributed by atoms with Gasteiger partial charge in [-0.15, -0.1) is 0 Å². The lowest BCUT2D eigenvalue weighted by Gasteiger charge is -2.26. The summed E-state index contributed by atoms with van der Waals surface area (Å²) in [6, 6.07) is 2.31. The van der Waals surface area contributed by atoms with Crippen molar-refractivity contribution in [3.63, 3.8) is 0 Å². The average Bonchev–Trinajstić information content (AvgIpc) is 3.05. The first-order chi connectivity index (χ1) is 8.84. The van der Waals surface area contributed by atoms with E-state index in [9.17, 15) is 0 Å². The molecule has 0 unspecified atom stereocenters. The van der Waals surface area contributed by atoms with Crippen molar-refractivity contribution in [3.05, 3.63) is 0 Å². The summed E-state index contributed by atoms with van der Waals surface area (Å²) in [5, 5.41) is 3.82. The van der Waals surface area contributed by atoms with Crippen molar-refractivity contribution in [2.45, 2.75) is 102 Å². The van der Waals surface area contributed by atoms with Gasteiger partial charge in [-0.3, -0.25) is 0 Å². The van der Waals surface area contributed by atoms with E-state index in [0.29, 0.717) is 6.04 Å². The zero-order valence-electron chi connectivity index (χ0n) is 12.0. The van der Waals surface area contributed by atoms with Gasteiger partial charge in [0.1, 0.15) is 0 Å². The fraction of sp³-hybridized carbons (Fsp3) is 1.00. The van der Waals surface area contributed by atoms with Crippen LogP contribution < -0.4 is 11.1 Å². The molecule has 2 nitrogen and oxygen atoms in total. The summed E-state index contributed by atoms with van der Waals surface area (Å²) in [4.78, 5) is 0. The van der Waals surface area contributed by atoms with Crippen molar-refractivity contribution >= 4 is 0 Å². The van der Waals surface area contributed by atoms with Gasteiger partial charge >= 0.3 is 0 Å². The van der Waals surface area contributed by atoms with Crippen LogP contribution >= 0.6 is 0 Å². The van der Waals surface area contributed by atoms with Crippen LogP contribution in [0.15, 0.2) is 0 Å². The minimum absolute atomic E-state index is 0.546. The molecule has 0 amide bonds. The highest BCUT2D eigenvalue weighted by Crippen LogP contribution is 2.22. The van der Waals surface area contributed by atoms with E-state index in [4.69, 9.17) is 5.73 Å². The van der Waals surface area contributed by atoms with Crippen LogP contribution in [0.5, 0.6) is 0 Å². The summed E-state index contributed by atoms with van der Waals surface area (Å²) < 4.78 is 0. The molecule has 3 fully saturated rings. The van der Waals surface area contributed by atoms with E-state index >= 15 is 0 Å². The summed E-state index contributed by atoms with van der Waals surface area (Å²) in [7, 11) is 0. The second-order valence-electron chi connectivity index (χ2n) is 6.53. The van der Waals surface area contributed by atoms with Crippen LogP contribution in [-0.2, 0) is 0 Å². The third kappa shape index (κ3) is 5.27.